The van der Waals surface area contributed by atoms with Crippen molar-refractivity contribution < 1.29 is 17.6 Å². The molecule has 0 radical (unpaired) electrons. The van der Waals surface area contributed by atoms with Gasteiger partial charge in [-0.25, -0.2) is 8.42 Å². The van der Waals surface area contributed by atoms with Crippen LogP contribution >= 0.6 is 24.0 Å². The van der Waals surface area contributed by atoms with Gasteiger partial charge in [-0.15, -0.1) is 24.0 Å². The van der Waals surface area contributed by atoms with Crippen molar-refractivity contribution in [3.05, 3.63) is 60.1 Å². The molecule has 3 rings (SSSR count). The van der Waals surface area contributed by atoms with E-state index in [-0.39, 0.29) is 41.4 Å². The zero-order chi connectivity index (χ0) is 21.4. The SMILES string of the molecule is CN=C(NCCCS(=O)(=O)Cc1ccccc1)N1CCN(C(=O)c2ccco2)CC1.I. The number of carbonyl (C=O) groups excluding carboxylic acids is 1. The summed E-state index contributed by atoms with van der Waals surface area (Å²) < 4.78 is 29.8. The molecule has 1 saturated heterocycles. The fourth-order valence-electron chi connectivity index (χ4n) is 3.40. The maximum Gasteiger partial charge on any atom is 0.289 e. The zero-order valence-electron chi connectivity index (χ0n) is 17.6. The number of piperazine rings is 1. The lowest BCUT2D eigenvalue weighted by atomic mass is 10.2. The minimum atomic E-state index is -3.15. The van der Waals surface area contributed by atoms with Crippen LogP contribution in [0.25, 0.3) is 0 Å². The van der Waals surface area contributed by atoms with Gasteiger partial charge in [0.1, 0.15) is 0 Å². The number of hydrogen-bond donors (Lipinski definition) is 1. The Bertz CT molecular complexity index is 941. The molecule has 0 bridgehead atoms. The molecule has 1 aromatic carbocycles. The van der Waals surface area contributed by atoms with Crippen LogP contribution in [-0.4, -0.2) is 75.6 Å². The number of benzene rings is 1. The van der Waals surface area contributed by atoms with E-state index < -0.39 is 9.84 Å². The number of rotatable bonds is 7. The first-order valence-corrected chi connectivity index (χ1v) is 11.8. The average molecular weight is 560 g/mol. The van der Waals surface area contributed by atoms with Crippen molar-refractivity contribution >= 4 is 45.7 Å². The molecule has 1 fully saturated rings. The highest BCUT2D eigenvalue weighted by Crippen LogP contribution is 2.10. The third kappa shape index (κ3) is 7.53. The lowest BCUT2D eigenvalue weighted by Crippen LogP contribution is -2.53. The molecule has 0 spiro atoms. The summed E-state index contributed by atoms with van der Waals surface area (Å²) in [6, 6.07) is 12.6. The minimum absolute atomic E-state index is 0. The highest BCUT2D eigenvalue weighted by Gasteiger charge is 2.25. The highest BCUT2D eigenvalue weighted by molar-refractivity contribution is 14.0. The summed E-state index contributed by atoms with van der Waals surface area (Å²) in [5.41, 5.74) is 0.809. The Morgan fingerprint density at radius 3 is 2.35 bits per heavy atom. The zero-order valence-corrected chi connectivity index (χ0v) is 20.7. The number of guanidine groups is 1. The van der Waals surface area contributed by atoms with Gasteiger partial charge in [0.05, 0.1) is 17.8 Å². The molecule has 0 saturated carbocycles. The van der Waals surface area contributed by atoms with Crippen LogP contribution in [0.1, 0.15) is 22.5 Å². The second-order valence-corrected chi connectivity index (χ2v) is 9.35. The Balaban J connectivity index is 0.00000341. The van der Waals surface area contributed by atoms with E-state index in [1.54, 1.807) is 24.1 Å². The van der Waals surface area contributed by atoms with Gasteiger partial charge in [0.25, 0.3) is 5.91 Å². The summed E-state index contributed by atoms with van der Waals surface area (Å²) >= 11 is 0. The monoisotopic (exact) mass is 560 g/mol. The van der Waals surface area contributed by atoms with Crippen molar-refractivity contribution in [1.29, 1.82) is 0 Å². The van der Waals surface area contributed by atoms with E-state index in [2.05, 4.69) is 15.2 Å². The van der Waals surface area contributed by atoms with Crippen molar-refractivity contribution in [3.63, 3.8) is 0 Å². The molecule has 2 aromatic rings. The maximum absolute atomic E-state index is 12.4. The van der Waals surface area contributed by atoms with Gasteiger partial charge in [-0.1, -0.05) is 30.3 Å². The standard InChI is InChI=1S/C21H28N4O4S.HI/c1-22-21(23-10-6-16-30(27,28)17-18-7-3-2-4-8-18)25-13-11-24(12-14-25)20(26)19-9-5-15-29-19;/h2-5,7-9,15H,6,10-14,16-17H2,1H3,(H,22,23);1H. The predicted octanol–water partition coefficient (Wildman–Crippen LogP) is 2.24. The largest absolute Gasteiger partial charge is 0.459 e. The van der Waals surface area contributed by atoms with Gasteiger partial charge in [0, 0.05) is 39.8 Å². The molecule has 170 valence electrons. The molecule has 8 nitrogen and oxygen atoms in total. The molecule has 0 aliphatic carbocycles. The lowest BCUT2D eigenvalue weighted by Gasteiger charge is -2.36. The summed E-state index contributed by atoms with van der Waals surface area (Å²) in [5.74, 6) is 1.15. The number of nitrogens with one attached hydrogen (secondary N) is 1. The summed E-state index contributed by atoms with van der Waals surface area (Å²) in [6.07, 6.45) is 2.00. The third-order valence-corrected chi connectivity index (χ3v) is 6.64. The molecule has 2 heterocycles. The molecular weight excluding hydrogens is 531 g/mol. The Hall–Kier alpha value is -2.08. The quantitative estimate of drug-likeness (QED) is 0.242. The van der Waals surface area contributed by atoms with Gasteiger partial charge in [0.15, 0.2) is 21.6 Å². The number of halogens is 1. The van der Waals surface area contributed by atoms with Crippen LogP contribution < -0.4 is 5.32 Å². The number of furan rings is 1. The van der Waals surface area contributed by atoms with E-state index in [4.69, 9.17) is 4.42 Å². The van der Waals surface area contributed by atoms with E-state index in [1.807, 2.05) is 30.3 Å². The summed E-state index contributed by atoms with van der Waals surface area (Å²) in [5, 5.41) is 3.24. The minimum Gasteiger partial charge on any atom is -0.459 e. The second-order valence-electron chi connectivity index (χ2n) is 7.16. The number of carbonyl (C=O) groups is 1. The first-order chi connectivity index (χ1) is 14.5. The van der Waals surface area contributed by atoms with Crippen LogP contribution in [0, 0.1) is 0 Å². The van der Waals surface area contributed by atoms with Gasteiger partial charge in [-0.2, -0.15) is 0 Å². The van der Waals surface area contributed by atoms with E-state index in [0.29, 0.717) is 44.9 Å². The Labute approximate surface area is 200 Å². The van der Waals surface area contributed by atoms with Crippen LogP contribution in [-0.2, 0) is 15.6 Å². The van der Waals surface area contributed by atoms with Crippen LogP contribution in [0.3, 0.4) is 0 Å². The van der Waals surface area contributed by atoms with Gasteiger partial charge >= 0.3 is 0 Å². The van der Waals surface area contributed by atoms with E-state index in [0.717, 1.165) is 11.5 Å². The molecule has 1 N–H and O–H groups in total. The van der Waals surface area contributed by atoms with Crippen LogP contribution in [0.4, 0.5) is 0 Å². The Kier molecular flexibility index (Phi) is 9.82. The molecule has 1 aliphatic heterocycles. The van der Waals surface area contributed by atoms with Gasteiger partial charge in [-0.05, 0) is 24.1 Å². The van der Waals surface area contributed by atoms with Crippen molar-refractivity contribution in [2.45, 2.75) is 12.2 Å². The molecule has 10 heteroatoms. The highest BCUT2D eigenvalue weighted by atomic mass is 127. The normalized spacial score (nSPS) is 14.8. The number of amides is 1. The average Bonchev–Trinajstić information content (AvgIpc) is 3.29. The van der Waals surface area contributed by atoms with Crippen molar-refractivity contribution in [3.8, 4) is 0 Å². The van der Waals surface area contributed by atoms with Gasteiger partial charge < -0.3 is 19.5 Å². The number of nitrogens with zero attached hydrogens (tertiary/aromatic N) is 3. The summed E-state index contributed by atoms with van der Waals surface area (Å²) in [4.78, 5) is 20.5. The first kappa shape index (κ1) is 25.2. The number of aliphatic imine (C=N–C) groups is 1. The number of sulfone groups is 1. The summed E-state index contributed by atoms with van der Waals surface area (Å²) in [7, 11) is -1.45. The van der Waals surface area contributed by atoms with Crippen LogP contribution in [0.15, 0.2) is 58.1 Å². The smallest absolute Gasteiger partial charge is 0.289 e. The predicted molar refractivity (Wildman–Crippen MR) is 132 cm³/mol. The molecule has 1 amide bonds. The van der Waals surface area contributed by atoms with E-state index in [9.17, 15) is 13.2 Å². The van der Waals surface area contributed by atoms with Gasteiger partial charge in [-0.3, -0.25) is 9.79 Å². The molecule has 0 unspecified atom stereocenters. The Morgan fingerprint density at radius 2 is 1.74 bits per heavy atom. The fraction of sp³-hybridized carbons (Fsp3) is 0.429. The van der Waals surface area contributed by atoms with Crippen molar-refractivity contribution in [2.75, 3.05) is 45.5 Å². The number of hydrogen-bond acceptors (Lipinski definition) is 5. The van der Waals surface area contributed by atoms with E-state index in [1.165, 1.54) is 6.26 Å². The maximum atomic E-state index is 12.4. The fourth-order valence-corrected chi connectivity index (χ4v) is 4.83. The molecule has 0 atom stereocenters. The van der Waals surface area contributed by atoms with Crippen LogP contribution in [0.5, 0.6) is 0 Å². The molecular formula is C21H29IN4O4S. The third-order valence-electron chi connectivity index (χ3n) is 4.95. The second kappa shape index (κ2) is 12.1. The van der Waals surface area contributed by atoms with Crippen LogP contribution in [0.2, 0.25) is 0 Å². The van der Waals surface area contributed by atoms with Crippen molar-refractivity contribution in [2.24, 2.45) is 4.99 Å². The van der Waals surface area contributed by atoms with Crippen molar-refractivity contribution in [1.82, 2.24) is 15.1 Å². The molecule has 31 heavy (non-hydrogen) atoms. The molecule has 1 aromatic heterocycles. The Morgan fingerprint density at radius 1 is 1.06 bits per heavy atom. The lowest BCUT2D eigenvalue weighted by molar-refractivity contribution is 0.0658. The van der Waals surface area contributed by atoms with Gasteiger partial charge in [0.2, 0.25) is 0 Å². The topological polar surface area (TPSA) is 95.2 Å². The summed E-state index contributed by atoms with van der Waals surface area (Å²) in [6.45, 7) is 2.97. The van der Waals surface area contributed by atoms with E-state index >= 15 is 0 Å². The molecule has 1 aliphatic rings. The first-order valence-electron chi connectivity index (χ1n) is 10.0.